The highest BCUT2D eigenvalue weighted by Gasteiger charge is 2.07. The number of aryl methyl sites for hydroxylation is 1. The van der Waals surface area contributed by atoms with Crippen LogP contribution >= 0.6 is 11.6 Å². The van der Waals surface area contributed by atoms with Crippen molar-refractivity contribution in [2.45, 2.75) is 20.0 Å². The molecule has 0 bridgehead atoms. The van der Waals surface area contributed by atoms with Crippen LogP contribution in [0.2, 0.25) is 5.02 Å². The molecule has 3 aromatic rings. The van der Waals surface area contributed by atoms with Crippen LogP contribution in [0.4, 0.5) is 5.69 Å². The number of carbonyl (C=O) groups is 1. The average Bonchev–Trinajstić information content (AvgIpc) is 3.11. The van der Waals surface area contributed by atoms with Crippen molar-refractivity contribution in [2.75, 3.05) is 5.32 Å². The van der Waals surface area contributed by atoms with Crippen LogP contribution in [-0.2, 0) is 17.9 Å². The number of anilines is 1. The second-order valence-electron chi connectivity index (χ2n) is 5.28. The van der Waals surface area contributed by atoms with Crippen LogP contribution in [0, 0.1) is 6.92 Å². The van der Waals surface area contributed by atoms with E-state index in [0.29, 0.717) is 17.3 Å². The van der Waals surface area contributed by atoms with Gasteiger partial charge < -0.3 is 5.32 Å². The van der Waals surface area contributed by atoms with Gasteiger partial charge in [-0.25, -0.2) is 0 Å². The molecule has 0 aliphatic heterocycles. The molecule has 0 unspecified atom stereocenters. The van der Waals surface area contributed by atoms with E-state index in [4.69, 9.17) is 11.6 Å². The third-order valence-corrected chi connectivity index (χ3v) is 3.64. The SMILES string of the molecule is Cc1cnn(CC(=O)Nc2cnn(Cc3ccccc3Cl)c2)c1. The number of benzene rings is 1. The Balaban J connectivity index is 1.61. The number of nitrogens with one attached hydrogen (secondary N) is 1. The van der Waals surface area contributed by atoms with Gasteiger partial charge in [0, 0.05) is 17.4 Å². The second kappa shape index (κ2) is 6.66. The smallest absolute Gasteiger partial charge is 0.246 e. The topological polar surface area (TPSA) is 64.7 Å². The van der Waals surface area contributed by atoms with Crippen molar-refractivity contribution in [1.29, 1.82) is 0 Å². The predicted octanol–water partition coefficient (Wildman–Crippen LogP) is 2.73. The molecule has 0 saturated carbocycles. The molecule has 6 nitrogen and oxygen atoms in total. The van der Waals surface area contributed by atoms with Crippen LogP contribution < -0.4 is 5.32 Å². The van der Waals surface area contributed by atoms with Crippen molar-refractivity contribution < 1.29 is 4.79 Å². The van der Waals surface area contributed by atoms with E-state index in [0.717, 1.165) is 11.1 Å². The maximum absolute atomic E-state index is 12.0. The summed E-state index contributed by atoms with van der Waals surface area (Å²) in [7, 11) is 0. The zero-order chi connectivity index (χ0) is 16.2. The van der Waals surface area contributed by atoms with Crippen LogP contribution in [0.15, 0.2) is 49.1 Å². The molecule has 3 rings (SSSR count). The Morgan fingerprint density at radius 3 is 2.70 bits per heavy atom. The number of hydrogen-bond donors (Lipinski definition) is 1. The average molecular weight is 330 g/mol. The van der Waals surface area contributed by atoms with E-state index in [9.17, 15) is 4.79 Å². The lowest BCUT2D eigenvalue weighted by Crippen LogP contribution is -2.18. The number of carbonyl (C=O) groups excluding carboxylic acids is 1. The third kappa shape index (κ3) is 3.98. The number of halogens is 1. The van der Waals surface area contributed by atoms with Gasteiger partial charge in [0.25, 0.3) is 0 Å². The molecule has 0 aliphatic carbocycles. The minimum Gasteiger partial charge on any atom is -0.322 e. The van der Waals surface area contributed by atoms with Gasteiger partial charge in [0.2, 0.25) is 5.91 Å². The van der Waals surface area contributed by atoms with Gasteiger partial charge in [-0.3, -0.25) is 14.2 Å². The van der Waals surface area contributed by atoms with E-state index in [-0.39, 0.29) is 12.5 Å². The Kier molecular flexibility index (Phi) is 4.43. The Bertz CT molecular complexity index is 823. The summed E-state index contributed by atoms with van der Waals surface area (Å²) in [5.41, 5.74) is 2.64. The standard InChI is InChI=1S/C16H16ClN5O/c1-12-6-18-21(8-12)11-16(23)20-14-7-19-22(10-14)9-13-4-2-3-5-15(13)17/h2-8,10H,9,11H2,1H3,(H,20,23). The predicted molar refractivity (Wildman–Crippen MR) is 88.4 cm³/mol. The molecule has 0 spiro atoms. The van der Waals surface area contributed by atoms with Gasteiger partial charge in [-0.1, -0.05) is 29.8 Å². The van der Waals surface area contributed by atoms with E-state index >= 15 is 0 Å². The summed E-state index contributed by atoms with van der Waals surface area (Å²) >= 11 is 6.14. The molecule has 0 radical (unpaired) electrons. The summed E-state index contributed by atoms with van der Waals surface area (Å²) in [6.45, 7) is 2.65. The lowest BCUT2D eigenvalue weighted by atomic mass is 10.2. The lowest BCUT2D eigenvalue weighted by molar-refractivity contribution is -0.116. The molecular formula is C16H16ClN5O. The van der Waals surface area contributed by atoms with Crippen molar-refractivity contribution in [3.8, 4) is 0 Å². The molecule has 0 saturated heterocycles. The quantitative estimate of drug-likeness (QED) is 0.782. The Morgan fingerprint density at radius 2 is 1.96 bits per heavy atom. The van der Waals surface area contributed by atoms with Gasteiger partial charge >= 0.3 is 0 Å². The zero-order valence-corrected chi connectivity index (χ0v) is 13.4. The van der Waals surface area contributed by atoms with Crippen molar-refractivity contribution in [2.24, 2.45) is 0 Å². The first-order valence-corrected chi connectivity index (χ1v) is 7.53. The van der Waals surface area contributed by atoms with E-state index in [1.807, 2.05) is 37.4 Å². The molecule has 0 aliphatic rings. The highest BCUT2D eigenvalue weighted by atomic mass is 35.5. The Hall–Kier alpha value is -2.60. The Morgan fingerprint density at radius 1 is 1.17 bits per heavy atom. The van der Waals surface area contributed by atoms with E-state index in [1.165, 1.54) is 0 Å². The summed E-state index contributed by atoms with van der Waals surface area (Å²) in [5.74, 6) is -0.148. The summed E-state index contributed by atoms with van der Waals surface area (Å²) in [6, 6.07) is 7.61. The summed E-state index contributed by atoms with van der Waals surface area (Å²) in [4.78, 5) is 12.0. The molecule has 7 heteroatoms. The summed E-state index contributed by atoms with van der Waals surface area (Å²) in [5, 5.41) is 11.8. The van der Waals surface area contributed by atoms with Crippen molar-refractivity contribution in [3.63, 3.8) is 0 Å². The molecule has 1 N–H and O–H groups in total. The molecular weight excluding hydrogens is 314 g/mol. The fourth-order valence-electron chi connectivity index (χ4n) is 2.22. The van der Waals surface area contributed by atoms with Crippen LogP contribution in [0.5, 0.6) is 0 Å². The largest absolute Gasteiger partial charge is 0.322 e. The second-order valence-corrected chi connectivity index (χ2v) is 5.69. The minimum absolute atomic E-state index is 0.148. The first-order valence-electron chi connectivity index (χ1n) is 7.15. The molecule has 23 heavy (non-hydrogen) atoms. The van der Waals surface area contributed by atoms with Crippen LogP contribution in [0.25, 0.3) is 0 Å². The van der Waals surface area contributed by atoms with Crippen LogP contribution in [0.3, 0.4) is 0 Å². The fourth-order valence-corrected chi connectivity index (χ4v) is 2.41. The number of aromatic nitrogens is 4. The van der Waals surface area contributed by atoms with Gasteiger partial charge in [-0.05, 0) is 24.1 Å². The van der Waals surface area contributed by atoms with Crippen molar-refractivity contribution in [3.05, 3.63) is 65.2 Å². The first kappa shape index (κ1) is 15.3. The number of nitrogens with zero attached hydrogens (tertiary/aromatic N) is 4. The molecule has 2 heterocycles. The number of amides is 1. The number of rotatable bonds is 5. The minimum atomic E-state index is -0.148. The number of hydrogen-bond acceptors (Lipinski definition) is 3. The highest BCUT2D eigenvalue weighted by Crippen LogP contribution is 2.16. The highest BCUT2D eigenvalue weighted by molar-refractivity contribution is 6.31. The Labute approximate surface area is 138 Å². The summed E-state index contributed by atoms with van der Waals surface area (Å²) < 4.78 is 3.33. The van der Waals surface area contributed by atoms with Crippen molar-refractivity contribution in [1.82, 2.24) is 19.6 Å². The zero-order valence-electron chi connectivity index (χ0n) is 12.6. The normalized spacial score (nSPS) is 10.7. The van der Waals surface area contributed by atoms with Gasteiger partial charge in [0.15, 0.2) is 0 Å². The molecule has 0 atom stereocenters. The first-order chi connectivity index (χ1) is 11.1. The summed E-state index contributed by atoms with van der Waals surface area (Å²) in [6.07, 6.45) is 6.92. The fraction of sp³-hybridized carbons (Fsp3) is 0.188. The van der Waals surface area contributed by atoms with Gasteiger partial charge in [0.1, 0.15) is 6.54 Å². The van der Waals surface area contributed by atoms with Crippen molar-refractivity contribution >= 4 is 23.2 Å². The third-order valence-electron chi connectivity index (χ3n) is 3.28. The molecule has 118 valence electrons. The van der Waals surface area contributed by atoms with Crippen LogP contribution in [-0.4, -0.2) is 25.5 Å². The van der Waals surface area contributed by atoms with Gasteiger partial charge in [0.05, 0.1) is 24.6 Å². The molecule has 0 fully saturated rings. The van der Waals surface area contributed by atoms with E-state index < -0.39 is 0 Å². The van der Waals surface area contributed by atoms with Crippen LogP contribution in [0.1, 0.15) is 11.1 Å². The van der Waals surface area contributed by atoms with E-state index in [2.05, 4.69) is 15.5 Å². The van der Waals surface area contributed by atoms with Gasteiger partial charge in [-0.15, -0.1) is 0 Å². The lowest BCUT2D eigenvalue weighted by Gasteiger charge is -2.04. The van der Waals surface area contributed by atoms with Gasteiger partial charge in [-0.2, -0.15) is 10.2 Å². The monoisotopic (exact) mass is 329 g/mol. The molecule has 2 aromatic heterocycles. The molecule has 1 amide bonds. The maximum Gasteiger partial charge on any atom is 0.246 e. The molecule has 1 aromatic carbocycles. The maximum atomic E-state index is 12.0. The van der Waals surface area contributed by atoms with E-state index in [1.54, 1.807) is 28.0 Å².